The minimum absolute atomic E-state index is 0.484. The van der Waals surface area contributed by atoms with Crippen LogP contribution in [0.15, 0.2) is 17.8 Å². The molecule has 0 spiro atoms. The van der Waals surface area contributed by atoms with Gasteiger partial charge in [-0.3, -0.25) is 5.01 Å². The number of thioether (sulfide) groups is 1. The van der Waals surface area contributed by atoms with Crippen LogP contribution in [-0.4, -0.2) is 22.0 Å². The Labute approximate surface area is 66.0 Å². The quantitative estimate of drug-likeness (QED) is 0.567. The van der Waals surface area contributed by atoms with Gasteiger partial charge in [0.15, 0.2) is 0 Å². The van der Waals surface area contributed by atoms with Crippen molar-refractivity contribution in [2.75, 3.05) is 6.54 Å². The van der Waals surface area contributed by atoms with Crippen LogP contribution in [0.2, 0.25) is 0 Å². The van der Waals surface area contributed by atoms with E-state index < -0.39 is 0 Å². The summed E-state index contributed by atoms with van der Waals surface area (Å²) in [6.45, 7) is 8.70. The maximum absolute atomic E-state index is 4.30. The van der Waals surface area contributed by atoms with Crippen molar-refractivity contribution in [3.63, 3.8) is 0 Å². The third kappa shape index (κ3) is 1.53. The van der Waals surface area contributed by atoms with E-state index in [4.69, 9.17) is 0 Å². The van der Waals surface area contributed by atoms with Crippen LogP contribution in [0.3, 0.4) is 0 Å². The molecule has 0 saturated carbocycles. The second-order valence-corrected chi connectivity index (χ2v) is 3.76. The van der Waals surface area contributed by atoms with E-state index in [0.29, 0.717) is 5.37 Å². The van der Waals surface area contributed by atoms with Crippen molar-refractivity contribution in [2.24, 2.45) is 5.10 Å². The smallest absolute Gasteiger partial charge is 0.0956 e. The summed E-state index contributed by atoms with van der Waals surface area (Å²) in [5.74, 6) is 0. The van der Waals surface area contributed by atoms with E-state index in [-0.39, 0.29) is 0 Å². The van der Waals surface area contributed by atoms with Gasteiger partial charge in [0.05, 0.1) is 17.0 Å². The highest BCUT2D eigenvalue weighted by molar-refractivity contribution is 8.14. The molecule has 0 fully saturated rings. The molecule has 3 heteroatoms. The van der Waals surface area contributed by atoms with Crippen molar-refractivity contribution in [3.8, 4) is 0 Å². The molecule has 0 bridgehead atoms. The zero-order valence-corrected chi connectivity index (χ0v) is 7.19. The predicted octanol–water partition coefficient (Wildman–Crippen LogP) is 1.90. The van der Waals surface area contributed by atoms with E-state index in [2.05, 4.69) is 18.6 Å². The first-order chi connectivity index (χ1) is 4.74. The predicted molar refractivity (Wildman–Crippen MR) is 47.1 cm³/mol. The lowest BCUT2D eigenvalue weighted by molar-refractivity contribution is 0.321. The van der Waals surface area contributed by atoms with Crippen molar-refractivity contribution in [1.29, 1.82) is 0 Å². The van der Waals surface area contributed by atoms with E-state index in [0.717, 1.165) is 11.6 Å². The van der Waals surface area contributed by atoms with Crippen LogP contribution in [0, 0.1) is 0 Å². The molecule has 0 aromatic heterocycles. The number of hydrogen-bond donors (Lipinski definition) is 0. The molecular formula is C7H12N2S. The van der Waals surface area contributed by atoms with Gasteiger partial charge in [-0.2, -0.15) is 5.10 Å². The van der Waals surface area contributed by atoms with Crippen LogP contribution in [0.5, 0.6) is 0 Å². The van der Waals surface area contributed by atoms with Gasteiger partial charge in [0.1, 0.15) is 0 Å². The van der Waals surface area contributed by atoms with Gasteiger partial charge in [-0.25, -0.2) is 0 Å². The SMILES string of the molecule is C=CCN1N=C(C)SC1C. The molecule has 2 nitrogen and oxygen atoms in total. The molecule has 1 atom stereocenters. The van der Waals surface area contributed by atoms with Gasteiger partial charge < -0.3 is 0 Å². The lowest BCUT2D eigenvalue weighted by Gasteiger charge is -2.15. The fraction of sp³-hybridized carbons (Fsp3) is 0.571. The Morgan fingerprint density at radius 2 is 2.60 bits per heavy atom. The number of nitrogens with zero attached hydrogens (tertiary/aromatic N) is 2. The molecule has 0 aromatic rings. The van der Waals surface area contributed by atoms with Gasteiger partial charge in [-0.05, 0) is 13.8 Å². The fourth-order valence-electron chi connectivity index (χ4n) is 0.915. The molecule has 0 aliphatic carbocycles. The lowest BCUT2D eigenvalue weighted by atomic mass is 10.6. The van der Waals surface area contributed by atoms with Gasteiger partial charge >= 0.3 is 0 Å². The minimum atomic E-state index is 0.484. The van der Waals surface area contributed by atoms with Crippen LogP contribution in [0.1, 0.15) is 13.8 Å². The Bertz CT molecular complexity index is 165. The van der Waals surface area contributed by atoms with Gasteiger partial charge in [0.25, 0.3) is 0 Å². The molecule has 56 valence electrons. The van der Waals surface area contributed by atoms with Crippen LogP contribution in [0.4, 0.5) is 0 Å². The largest absolute Gasteiger partial charge is 0.279 e. The number of rotatable bonds is 2. The highest BCUT2D eigenvalue weighted by Crippen LogP contribution is 2.24. The van der Waals surface area contributed by atoms with Crippen LogP contribution < -0.4 is 0 Å². The second kappa shape index (κ2) is 3.10. The maximum Gasteiger partial charge on any atom is 0.0956 e. The summed E-state index contributed by atoms with van der Waals surface area (Å²) in [6, 6.07) is 0. The highest BCUT2D eigenvalue weighted by atomic mass is 32.2. The first-order valence-electron chi connectivity index (χ1n) is 3.33. The van der Waals surface area contributed by atoms with Crippen molar-refractivity contribution in [2.45, 2.75) is 19.2 Å². The van der Waals surface area contributed by atoms with Crippen molar-refractivity contribution >= 4 is 16.8 Å². The zero-order valence-electron chi connectivity index (χ0n) is 6.37. The summed E-state index contributed by atoms with van der Waals surface area (Å²) in [6.07, 6.45) is 1.87. The molecule has 0 radical (unpaired) electrons. The Morgan fingerprint density at radius 3 is 3.00 bits per heavy atom. The Morgan fingerprint density at radius 1 is 1.90 bits per heavy atom. The average molecular weight is 156 g/mol. The molecule has 1 rings (SSSR count). The lowest BCUT2D eigenvalue weighted by Crippen LogP contribution is -2.20. The van der Waals surface area contributed by atoms with Crippen LogP contribution in [0.25, 0.3) is 0 Å². The van der Waals surface area contributed by atoms with Gasteiger partial charge in [-0.1, -0.05) is 17.8 Å². The van der Waals surface area contributed by atoms with Gasteiger partial charge in [0.2, 0.25) is 0 Å². The number of hydrazone groups is 1. The monoisotopic (exact) mass is 156 g/mol. The van der Waals surface area contributed by atoms with Crippen molar-refractivity contribution < 1.29 is 0 Å². The van der Waals surface area contributed by atoms with Gasteiger partial charge in [0, 0.05) is 0 Å². The normalized spacial score (nSPS) is 24.8. The molecule has 0 aromatic carbocycles. The van der Waals surface area contributed by atoms with E-state index in [1.807, 2.05) is 18.0 Å². The molecule has 1 unspecified atom stereocenters. The average Bonchev–Trinajstić information content (AvgIpc) is 2.13. The van der Waals surface area contributed by atoms with Gasteiger partial charge in [-0.15, -0.1) is 6.58 Å². The standard InChI is InChI=1S/C7H12N2S/c1-4-5-9-7(3)10-6(2)8-9/h4,7H,1,5H2,2-3H3. The summed E-state index contributed by atoms with van der Waals surface area (Å²) in [4.78, 5) is 0. The number of hydrogen-bond acceptors (Lipinski definition) is 3. The summed E-state index contributed by atoms with van der Waals surface area (Å²) in [5.41, 5.74) is 0. The summed E-state index contributed by atoms with van der Waals surface area (Å²) >= 11 is 1.80. The summed E-state index contributed by atoms with van der Waals surface area (Å²) < 4.78 is 0. The van der Waals surface area contributed by atoms with E-state index >= 15 is 0 Å². The zero-order chi connectivity index (χ0) is 7.56. The molecule has 0 amide bonds. The third-order valence-corrected chi connectivity index (χ3v) is 2.35. The summed E-state index contributed by atoms with van der Waals surface area (Å²) in [5, 5.41) is 7.97. The molecule has 1 aliphatic rings. The highest BCUT2D eigenvalue weighted by Gasteiger charge is 2.18. The minimum Gasteiger partial charge on any atom is -0.279 e. The molecule has 1 heterocycles. The third-order valence-electron chi connectivity index (χ3n) is 1.35. The molecule has 10 heavy (non-hydrogen) atoms. The van der Waals surface area contributed by atoms with Crippen LogP contribution >= 0.6 is 11.8 Å². The first kappa shape index (κ1) is 7.66. The molecule has 1 aliphatic heterocycles. The first-order valence-corrected chi connectivity index (χ1v) is 4.21. The van der Waals surface area contributed by atoms with Crippen LogP contribution in [-0.2, 0) is 0 Å². The summed E-state index contributed by atoms with van der Waals surface area (Å²) in [7, 11) is 0. The molecular weight excluding hydrogens is 144 g/mol. The van der Waals surface area contributed by atoms with Crippen molar-refractivity contribution in [1.82, 2.24) is 5.01 Å². The molecule has 0 N–H and O–H groups in total. The second-order valence-electron chi connectivity index (χ2n) is 2.25. The molecule has 0 saturated heterocycles. The fourth-order valence-corrected chi connectivity index (χ4v) is 1.82. The van der Waals surface area contributed by atoms with E-state index in [1.165, 1.54) is 0 Å². The topological polar surface area (TPSA) is 15.6 Å². The Hall–Kier alpha value is -0.440. The van der Waals surface area contributed by atoms with E-state index in [9.17, 15) is 0 Å². The maximum atomic E-state index is 4.30. The Balaban J connectivity index is 2.51. The van der Waals surface area contributed by atoms with E-state index in [1.54, 1.807) is 11.8 Å². The Kier molecular flexibility index (Phi) is 2.38. The van der Waals surface area contributed by atoms with Crippen molar-refractivity contribution in [3.05, 3.63) is 12.7 Å².